The van der Waals surface area contributed by atoms with Gasteiger partial charge in [-0.2, -0.15) is 0 Å². The number of carbonyl (C=O) groups excluding carboxylic acids is 2. The van der Waals surface area contributed by atoms with Gasteiger partial charge in [-0.25, -0.2) is 0 Å². The molecule has 1 aromatic carbocycles. The molecular weight excluding hydrogens is 288 g/mol. The molecule has 4 nitrogen and oxygen atoms in total. The maximum absolute atomic E-state index is 12.4. The minimum Gasteiger partial charge on any atom is -0.349 e. The van der Waals surface area contributed by atoms with Crippen molar-refractivity contribution < 1.29 is 9.59 Å². The van der Waals surface area contributed by atoms with Crippen LogP contribution < -0.4 is 10.2 Å². The van der Waals surface area contributed by atoms with Crippen molar-refractivity contribution in [3.63, 3.8) is 0 Å². The van der Waals surface area contributed by atoms with Gasteiger partial charge in [0.15, 0.2) is 0 Å². The molecule has 0 bridgehead atoms. The highest BCUT2D eigenvalue weighted by Crippen LogP contribution is 2.22. The monoisotopic (exact) mass is 314 g/mol. The van der Waals surface area contributed by atoms with Crippen LogP contribution >= 0.6 is 0 Å². The Balaban J connectivity index is 1.59. The lowest BCUT2D eigenvalue weighted by molar-refractivity contribution is -0.117. The third-order valence-electron chi connectivity index (χ3n) is 4.95. The second-order valence-electron chi connectivity index (χ2n) is 6.71. The first-order valence-corrected chi connectivity index (χ1v) is 8.95. The van der Waals surface area contributed by atoms with E-state index in [-0.39, 0.29) is 11.8 Å². The summed E-state index contributed by atoms with van der Waals surface area (Å²) < 4.78 is 0. The Morgan fingerprint density at radius 1 is 0.957 bits per heavy atom. The van der Waals surface area contributed by atoms with Gasteiger partial charge in [0, 0.05) is 30.3 Å². The van der Waals surface area contributed by atoms with Crippen molar-refractivity contribution >= 4 is 17.5 Å². The number of rotatable bonds is 3. The second kappa shape index (κ2) is 7.62. The van der Waals surface area contributed by atoms with E-state index in [9.17, 15) is 9.59 Å². The number of amides is 2. The fourth-order valence-corrected chi connectivity index (χ4v) is 3.58. The van der Waals surface area contributed by atoms with Crippen LogP contribution in [0.15, 0.2) is 24.3 Å². The molecule has 1 aliphatic heterocycles. The Bertz CT molecular complexity index is 545. The van der Waals surface area contributed by atoms with Crippen LogP contribution in [0.5, 0.6) is 0 Å². The van der Waals surface area contributed by atoms with Gasteiger partial charge < -0.3 is 10.2 Å². The van der Waals surface area contributed by atoms with E-state index < -0.39 is 0 Å². The maximum Gasteiger partial charge on any atom is 0.251 e. The molecule has 2 amide bonds. The molecule has 0 atom stereocenters. The van der Waals surface area contributed by atoms with Crippen LogP contribution in [0.4, 0.5) is 5.69 Å². The van der Waals surface area contributed by atoms with Crippen LogP contribution in [0.3, 0.4) is 0 Å². The molecule has 0 unspecified atom stereocenters. The van der Waals surface area contributed by atoms with E-state index in [0.717, 1.165) is 31.5 Å². The molecule has 124 valence electrons. The third-order valence-corrected chi connectivity index (χ3v) is 4.95. The Morgan fingerprint density at radius 3 is 2.22 bits per heavy atom. The summed E-state index contributed by atoms with van der Waals surface area (Å²) >= 11 is 0. The van der Waals surface area contributed by atoms with Gasteiger partial charge in [0.2, 0.25) is 5.91 Å². The van der Waals surface area contributed by atoms with Gasteiger partial charge in [-0.05, 0) is 43.5 Å². The van der Waals surface area contributed by atoms with Gasteiger partial charge in [-0.1, -0.05) is 32.1 Å². The fourth-order valence-electron chi connectivity index (χ4n) is 3.58. The van der Waals surface area contributed by atoms with Gasteiger partial charge in [0.1, 0.15) is 0 Å². The smallest absolute Gasteiger partial charge is 0.251 e. The summed E-state index contributed by atoms with van der Waals surface area (Å²) in [5.41, 5.74) is 1.58. The van der Waals surface area contributed by atoms with Gasteiger partial charge in [0.25, 0.3) is 5.91 Å². The maximum atomic E-state index is 12.4. The van der Waals surface area contributed by atoms with Crippen molar-refractivity contribution in [3.8, 4) is 0 Å². The third kappa shape index (κ3) is 4.12. The summed E-state index contributed by atoms with van der Waals surface area (Å²) in [5, 5.41) is 3.18. The zero-order chi connectivity index (χ0) is 16.1. The summed E-state index contributed by atoms with van der Waals surface area (Å²) in [5.74, 6) is 0.187. The molecule has 23 heavy (non-hydrogen) atoms. The number of carbonyl (C=O) groups is 2. The topological polar surface area (TPSA) is 49.4 Å². The molecule has 2 aliphatic rings. The van der Waals surface area contributed by atoms with E-state index in [2.05, 4.69) is 5.32 Å². The van der Waals surface area contributed by atoms with Crippen LogP contribution in [0.25, 0.3) is 0 Å². The summed E-state index contributed by atoms with van der Waals surface area (Å²) in [7, 11) is 0. The number of hydrogen-bond acceptors (Lipinski definition) is 2. The van der Waals surface area contributed by atoms with Gasteiger partial charge in [-0.3, -0.25) is 9.59 Å². The van der Waals surface area contributed by atoms with Crippen LogP contribution in [0, 0.1) is 0 Å². The molecule has 1 aromatic rings. The molecule has 0 radical (unpaired) electrons. The summed E-state index contributed by atoms with van der Waals surface area (Å²) in [4.78, 5) is 26.0. The Morgan fingerprint density at radius 2 is 1.61 bits per heavy atom. The highest BCUT2D eigenvalue weighted by atomic mass is 16.2. The zero-order valence-electron chi connectivity index (χ0n) is 13.7. The molecule has 1 aliphatic carbocycles. The number of nitrogens with zero attached hydrogens (tertiary/aromatic N) is 1. The van der Waals surface area contributed by atoms with E-state index >= 15 is 0 Å². The lowest BCUT2D eigenvalue weighted by Gasteiger charge is -2.21. The molecule has 4 heteroatoms. The lowest BCUT2D eigenvalue weighted by Crippen LogP contribution is -2.35. The van der Waals surface area contributed by atoms with Crippen molar-refractivity contribution in [1.29, 1.82) is 0 Å². The van der Waals surface area contributed by atoms with Crippen molar-refractivity contribution in [3.05, 3.63) is 29.8 Å². The Hall–Kier alpha value is -1.84. The standard InChI is InChI=1S/C19H26N2O2/c22-18-9-6-14-21(18)17-12-10-15(11-13-17)19(23)20-16-7-4-2-1-3-5-8-16/h10-13,16H,1-9,14H2,(H,20,23). The van der Waals surface area contributed by atoms with Crippen LogP contribution in [-0.4, -0.2) is 24.4 Å². The first kappa shape index (κ1) is 16.0. The average Bonchev–Trinajstić information content (AvgIpc) is 2.96. The van der Waals surface area contributed by atoms with E-state index in [0.29, 0.717) is 18.0 Å². The average molecular weight is 314 g/mol. The SMILES string of the molecule is O=C(NC1CCCCCCC1)c1ccc(N2CCCC2=O)cc1. The van der Waals surface area contributed by atoms with Gasteiger partial charge in [-0.15, -0.1) is 0 Å². The highest BCUT2D eigenvalue weighted by Gasteiger charge is 2.22. The van der Waals surface area contributed by atoms with Gasteiger partial charge >= 0.3 is 0 Å². The molecule has 0 aromatic heterocycles. The second-order valence-corrected chi connectivity index (χ2v) is 6.71. The van der Waals surface area contributed by atoms with E-state index in [4.69, 9.17) is 0 Å². The van der Waals surface area contributed by atoms with Gasteiger partial charge in [0.05, 0.1) is 0 Å². The van der Waals surface area contributed by atoms with Crippen LogP contribution in [0.1, 0.15) is 68.1 Å². The predicted octanol–water partition coefficient (Wildman–Crippen LogP) is 3.66. The number of benzene rings is 1. The summed E-state index contributed by atoms with van der Waals surface area (Å²) in [6.45, 7) is 0.784. The first-order chi connectivity index (χ1) is 11.2. The summed E-state index contributed by atoms with van der Waals surface area (Å²) in [6, 6.07) is 7.74. The predicted molar refractivity (Wildman–Crippen MR) is 91.6 cm³/mol. The highest BCUT2D eigenvalue weighted by molar-refractivity contribution is 5.97. The Labute approximate surface area is 138 Å². The molecule has 3 rings (SSSR count). The van der Waals surface area contributed by atoms with E-state index in [1.165, 1.54) is 32.1 Å². The normalized spacial score (nSPS) is 20.2. The van der Waals surface area contributed by atoms with Crippen molar-refractivity contribution in [2.75, 3.05) is 11.4 Å². The number of nitrogens with one attached hydrogen (secondary N) is 1. The van der Waals surface area contributed by atoms with E-state index in [1.54, 1.807) is 4.90 Å². The van der Waals surface area contributed by atoms with Crippen molar-refractivity contribution in [2.24, 2.45) is 0 Å². The molecular formula is C19H26N2O2. The zero-order valence-corrected chi connectivity index (χ0v) is 13.7. The quantitative estimate of drug-likeness (QED) is 0.925. The minimum absolute atomic E-state index is 0.00914. The number of hydrogen-bond donors (Lipinski definition) is 1. The minimum atomic E-state index is 0.00914. The molecule has 1 heterocycles. The molecule has 1 saturated heterocycles. The summed E-state index contributed by atoms with van der Waals surface area (Å²) in [6.07, 6.45) is 10.0. The van der Waals surface area contributed by atoms with Crippen molar-refractivity contribution in [1.82, 2.24) is 5.32 Å². The lowest BCUT2D eigenvalue weighted by atomic mass is 9.96. The van der Waals surface area contributed by atoms with E-state index in [1.807, 2.05) is 24.3 Å². The number of anilines is 1. The first-order valence-electron chi connectivity index (χ1n) is 8.95. The van der Waals surface area contributed by atoms with Crippen LogP contribution in [0.2, 0.25) is 0 Å². The van der Waals surface area contributed by atoms with Crippen molar-refractivity contribution in [2.45, 2.75) is 63.8 Å². The van der Waals surface area contributed by atoms with Crippen LogP contribution in [-0.2, 0) is 4.79 Å². The molecule has 1 N–H and O–H groups in total. The molecule has 1 saturated carbocycles. The molecule has 2 fully saturated rings. The largest absolute Gasteiger partial charge is 0.349 e. The fraction of sp³-hybridized carbons (Fsp3) is 0.579. The Kier molecular flexibility index (Phi) is 5.31. The molecule has 0 spiro atoms.